The van der Waals surface area contributed by atoms with Crippen molar-refractivity contribution in [2.24, 2.45) is 0 Å². The lowest BCUT2D eigenvalue weighted by Gasteiger charge is -2.18. The fourth-order valence-electron chi connectivity index (χ4n) is 1.76. The van der Waals surface area contributed by atoms with Crippen LogP contribution in [0, 0.1) is 0 Å². The van der Waals surface area contributed by atoms with Crippen LogP contribution in [-0.4, -0.2) is 5.11 Å². The van der Waals surface area contributed by atoms with Crippen molar-refractivity contribution in [2.45, 2.75) is 12.0 Å². The first-order valence-corrected chi connectivity index (χ1v) is 5.22. The van der Waals surface area contributed by atoms with Crippen molar-refractivity contribution < 1.29 is 9.52 Å². The fraction of sp³-hybridized carbons (Fsp3) is 0.143. The van der Waals surface area contributed by atoms with Crippen LogP contribution < -0.4 is 0 Å². The molecule has 16 heavy (non-hydrogen) atoms. The van der Waals surface area contributed by atoms with Gasteiger partial charge in [0.1, 0.15) is 11.9 Å². The van der Waals surface area contributed by atoms with Gasteiger partial charge in [-0.05, 0) is 17.7 Å². The van der Waals surface area contributed by atoms with Crippen molar-refractivity contribution >= 4 is 0 Å². The fourth-order valence-corrected chi connectivity index (χ4v) is 1.76. The first-order valence-electron chi connectivity index (χ1n) is 5.22. The zero-order valence-corrected chi connectivity index (χ0v) is 8.91. The molecule has 1 N–H and O–H groups in total. The number of aliphatic hydroxyl groups is 1. The minimum Gasteiger partial charge on any atom is -0.467 e. The second-order valence-electron chi connectivity index (χ2n) is 3.63. The molecule has 82 valence electrons. The van der Waals surface area contributed by atoms with Crippen LogP contribution in [-0.2, 0) is 0 Å². The summed E-state index contributed by atoms with van der Waals surface area (Å²) in [6.07, 6.45) is 2.61. The van der Waals surface area contributed by atoms with Gasteiger partial charge in [-0.25, -0.2) is 0 Å². The van der Waals surface area contributed by atoms with Crippen LogP contribution in [0.25, 0.3) is 0 Å². The third-order valence-corrected chi connectivity index (χ3v) is 2.61. The predicted octanol–water partition coefficient (Wildman–Crippen LogP) is 3.28. The van der Waals surface area contributed by atoms with E-state index in [2.05, 4.69) is 6.58 Å². The van der Waals surface area contributed by atoms with E-state index in [0.29, 0.717) is 5.76 Å². The molecule has 0 aliphatic heterocycles. The predicted molar refractivity (Wildman–Crippen MR) is 63.0 cm³/mol. The molecule has 2 heteroatoms. The molecule has 0 aliphatic rings. The summed E-state index contributed by atoms with van der Waals surface area (Å²) < 4.78 is 5.20. The topological polar surface area (TPSA) is 33.4 Å². The maximum atomic E-state index is 10.2. The zero-order chi connectivity index (χ0) is 11.4. The van der Waals surface area contributed by atoms with E-state index in [1.165, 1.54) is 0 Å². The van der Waals surface area contributed by atoms with E-state index in [-0.39, 0.29) is 5.92 Å². The molecule has 0 saturated carbocycles. The Morgan fingerprint density at radius 3 is 2.44 bits per heavy atom. The highest BCUT2D eigenvalue weighted by atomic mass is 16.4. The summed E-state index contributed by atoms with van der Waals surface area (Å²) in [5.74, 6) is 0.418. The molecule has 0 amide bonds. The molecule has 0 unspecified atom stereocenters. The summed E-state index contributed by atoms with van der Waals surface area (Å²) >= 11 is 0. The Kier molecular flexibility index (Phi) is 3.22. The standard InChI is InChI=1S/C14H14O2/c1-2-12(11-7-4-3-5-8-11)14(15)13-9-6-10-16-13/h2-10,12,14-15H,1H2/t12-,14+/m0/s1. The summed E-state index contributed by atoms with van der Waals surface area (Å²) in [6.45, 7) is 3.77. The third kappa shape index (κ3) is 2.07. The van der Waals surface area contributed by atoms with Gasteiger partial charge in [0.2, 0.25) is 0 Å². The SMILES string of the molecule is C=C[C@@H](c1ccccc1)[C@@H](O)c1ccco1. The molecule has 2 atom stereocenters. The third-order valence-electron chi connectivity index (χ3n) is 2.61. The Morgan fingerprint density at radius 2 is 1.88 bits per heavy atom. The number of aliphatic hydroxyl groups excluding tert-OH is 1. The van der Waals surface area contributed by atoms with Crippen LogP contribution in [0.1, 0.15) is 23.3 Å². The van der Waals surface area contributed by atoms with Gasteiger partial charge in [0, 0.05) is 5.92 Å². The van der Waals surface area contributed by atoms with Gasteiger partial charge < -0.3 is 9.52 Å². The van der Waals surface area contributed by atoms with E-state index in [0.717, 1.165) is 5.56 Å². The lowest BCUT2D eigenvalue weighted by molar-refractivity contribution is 0.135. The van der Waals surface area contributed by atoms with Gasteiger partial charge in [-0.2, -0.15) is 0 Å². The van der Waals surface area contributed by atoms with Gasteiger partial charge in [0.15, 0.2) is 0 Å². The number of rotatable bonds is 4. The van der Waals surface area contributed by atoms with Gasteiger partial charge >= 0.3 is 0 Å². The Balaban J connectivity index is 2.27. The highest BCUT2D eigenvalue weighted by Gasteiger charge is 2.21. The molecule has 2 aromatic rings. The molecule has 2 rings (SSSR count). The van der Waals surface area contributed by atoms with Gasteiger partial charge in [-0.3, -0.25) is 0 Å². The van der Waals surface area contributed by atoms with Crippen LogP contribution in [0.2, 0.25) is 0 Å². The lowest BCUT2D eigenvalue weighted by Crippen LogP contribution is -2.07. The molecule has 1 aromatic carbocycles. The second kappa shape index (κ2) is 4.81. The van der Waals surface area contributed by atoms with Crippen LogP contribution in [0.5, 0.6) is 0 Å². The smallest absolute Gasteiger partial charge is 0.133 e. The van der Waals surface area contributed by atoms with Crippen LogP contribution in [0.3, 0.4) is 0 Å². The first kappa shape index (κ1) is 10.7. The molecule has 0 radical (unpaired) electrons. The monoisotopic (exact) mass is 214 g/mol. The van der Waals surface area contributed by atoms with E-state index in [1.54, 1.807) is 24.5 Å². The summed E-state index contributed by atoms with van der Waals surface area (Å²) in [5.41, 5.74) is 1.03. The number of benzene rings is 1. The lowest BCUT2D eigenvalue weighted by atomic mass is 9.92. The maximum absolute atomic E-state index is 10.2. The largest absolute Gasteiger partial charge is 0.467 e. The molecule has 0 bridgehead atoms. The van der Waals surface area contributed by atoms with E-state index in [9.17, 15) is 5.11 Å². The van der Waals surface area contributed by atoms with Crippen LogP contribution >= 0.6 is 0 Å². The number of furan rings is 1. The second-order valence-corrected chi connectivity index (χ2v) is 3.63. The molecular formula is C14H14O2. The Hall–Kier alpha value is -1.80. The van der Waals surface area contributed by atoms with E-state index in [4.69, 9.17) is 4.42 Å². The molecule has 0 saturated heterocycles. The molecular weight excluding hydrogens is 200 g/mol. The van der Waals surface area contributed by atoms with Crippen molar-refractivity contribution in [2.75, 3.05) is 0 Å². The van der Waals surface area contributed by atoms with Crippen molar-refractivity contribution in [1.82, 2.24) is 0 Å². The molecule has 2 nitrogen and oxygen atoms in total. The molecule has 0 spiro atoms. The number of hydrogen-bond donors (Lipinski definition) is 1. The van der Waals surface area contributed by atoms with E-state index in [1.807, 2.05) is 30.3 Å². The zero-order valence-electron chi connectivity index (χ0n) is 8.91. The van der Waals surface area contributed by atoms with Gasteiger partial charge in [-0.1, -0.05) is 36.4 Å². The molecule has 1 aromatic heterocycles. The molecule has 0 aliphatic carbocycles. The van der Waals surface area contributed by atoms with Crippen molar-refractivity contribution in [3.8, 4) is 0 Å². The van der Waals surface area contributed by atoms with E-state index < -0.39 is 6.10 Å². The summed E-state index contributed by atoms with van der Waals surface area (Å²) in [5, 5.41) is 10.2. The normalized spacial score (nSPS) is 14.3. The van der Waals surface area contributed by atoms with Gasteiger partial charge in [0.25, 0.3) is 0 Å². The Morgan fingerprint density at radius 1 is 1.12 bits per heavy atom. The average molecular weight is 214 g/mol. The Bertz CT molecular complexity index is 431. The summed E-state index contributed by atoms with van der Waals surface area (Å²) in [4.78, 5) is 0. The first-order chi connectivity index (χ1) is 7.83. The van der Waals surface area contributed by atoms with Crippen LogP contribution in [0.4, 0.5) is 0 Å². The summed E-state index contributed by atoms with van der Waals surface area (Å²) in [6, 6.07) is 13.3. The van der Waals surface area contributed by atoms with Gasteiger partial charge in [-0.15, -0.1) is 6.58 Å². The summed E-state index contributed by atoms with van der Waals surface area (Å²) in [7, 11) is 0. The molecule has 1 heterocycles. The van der Waals surface area contributed by atoms with E-state index >= 15 is 0 Å². The van der Waals surface area contributed by atoms with Crippen molar-refractivity contribution in [3.05, 3.63) is 72.7 Å². The highest BCUT2D eigenvalue weighted by Crippen LogP contribution is 2.31. The van der Waals surface area contributed by atoms with Gasteiger partial charge in [0.05, 0.1) is 6.26 Å². The molecule has 0 fully saturated rings. The Labute approximate surface area is 94.8 Å². The van der Waals surface area contributed by atoms with Crippen molar-refractivity contribution in [3.63, 3.8) is 0 Å². The average Bonchev–Trinajstić information content (AvgIpc) is 2.85. The highest BCUT2D eigenvalue weighted by molar-refractivity contribution is 5.26. The van der Waals surface area contributed by atoms with Crippen LogP contribution in [0.15, 0.2) is 65.8 Å². The quantitative estimate of drug-likeness (QED) is 0.792. The minimum absolute atomic E-state index is 0.146. The van der Waals surface area contributed by atoms with Crippen molar-refractivity contribution in [1.29, 1.82) is 0 Å². The minimum atomic E-state index is -0.685. The number of hydrogen-bond acceptors (Lipinski definition) is 2. The maximum Gasteiger partial charge on any atom is 0.133 e.